The van der Waals surface area contributed by atoms with E-state index in [2.05, 4.69) is 23.9 Å². The lowest BCUT2D eigenvalue weighted by Gasteiger charge is -2.07. The third-order valence-corrected chi connectivity index (χ3v) is 2.52. The van der Waals surface area contributed by atoms with Crippen LogP contribution in [0.1, 0.15) is 42.6 Å². The van der Waals surface area contributed by atoms with Crippen molar-refractivity contribution >= 4 is 12.0 Å². The molecule has 1 rings (SSSR count). The van der Waals surface area contributed by atoms with Crippen LogP contribution in [0.4, 0.5) is 0 Å². The first kappa shape index (κ1) is 14.5. The number of furan rings is 1. The van der Waals surface area contributed by atoms with Gasteiger partial charge in [-0.15, -0.1) is 0 Å². The minimum Gasteiger partial charge on any atom is -0.465 e. The zero-order valence-corrected chi connectivity index (χ0v) is 11.7. The molecule has 0 aliphatic heterocycles. The number of hydrogen-bond acceptors (Lipinski definition) is 4. The number of methoxy groups -OCH3 is 1. The van der Waals surface area contributed by atoms with Gasteiger partial charge in [-0.2, -0.15) is 0 Å². The average Bonchev–Trinajstić information content (AvgIpc) is 2.66. The summed E-state index contributed by atoms with van der Waals surface area (Å²) >= 11 is 0. The highest BCUT2D eigenvalue weighted by atomic mass is 16.5. The molecular weight excluding hydrogens is 230 g/mol. The summed E-state index contributed by atoms with van der Waals surface area (Å²) < 4.78 is 10.2. The summed E-state index contributed by atoms with van der Waals surface area (Å²) in [5, 5.41) is 3.32. The average molecular weight is 251 g/mol. The zero-order chi connectivity index (χ0) is 13.7. The number of carbonyl (C=O) groups excluding carboxylic acids is 1. The molecule has 0 aromatic carbocycles. The summed E-state index contributed by atoms with van der Waals surface area (Å²) in [5.41, 5.74) is 1.63. The quantitative estimate of drug-likeness (QED) is 0.818. The van der Waals surface area contributed by atoms with Crippen LogP contribution < -0.4 is 5.32 Å². The fraction of sp³-hybridized carbons (Fsp3) is 0.500. The van der Waals surface area contributed by atoms with E-state index in [4.69, 9.17) is 4.42 Å². The predicted molar refractivity (Wildman–Crippen MR) is 71.6 cm³/mol. The van der Waals surface area contributed by atoms with Gasteiger partial charge in [0.05, 0.1) is 7.11 Å². The van der Waals surface area contributed by atoms with Crippen LogP contribution in [0.2, 0.25) is 0 Å². The largest absolute Gasteiger partial charge is 0.465 e. The topological polar surface area (TPSA) is 51.5 Å². The van der Waals surface area contributed by atoms with Gasteiger partial charge in [-0.05, 0) is 26.0 Å². The Labute approximate surface area is 108 Å². The minimum absolute atomic E-state index is 0.367. The summed E-state index contributed by atoms with van der Waals surface area (Å²) in [6.45, 7) is 8.76. The summed E-state index contributed by atoms with van der Waals surface area (Å²) in [6.07, 6.45) is 1.93. The molecule has 0 bridgehead atoms. The Morgan fingerprint density at radius 1 is 1.56 bits per heavy atom. The Hall–Kier alpha value is -1.55. The highest BCUT2D eigenvalue weighted by molar-refractivity contribution is 5.91. The van der Waals surface area contributed by atoms with Gasteiger partial charge in [-0.1, -0.05) is 19.4 Å². The lowest BCUT2D eigenvalue weighted by molar-refractivity contribution is 0.0599. The Morgan fingerprint density at radius 2 is 2.22 bits per heavy atom. The second kappa shape index (κ2) is 6.40. The molecule has 0 aliphatic rings. The lowest BCUT2D eigenvalue weighted by Crippen LogP contribution is -2.24. The molecule has 0 amide bonds. The van der Waals surface area contributed by atoms with Gasteiger partial charge in [0.15, 0.2) is 0 Å². The molecule has 0 saturated heterocycles. The molecule has 0 aliphatic carbocycles. The van der Waals surface area contributed by atoms with Crippen molar-refractivity contribution in [3.8, 4) is 0 Å². The number of aryl methyl sites for hydroxylation is 1. The smallest absolute Gasteiger partial charge is 0.341 e. The predicted octanol–water partition coefficient (Wildman–Crippen LogP) is 2.78. The molecule has 0 unspecified atom stereocenters. The molecule has 0 spiro atoms. The van der Waals surface area contributed by atoms with Crippen LogP contribution in [0, 0.1) is 6.92 Å². The third kappa shape index (κ3) is 4.04. The van der Waals surface area contributed by atoms with E-state index in [9.17, 15) is 4.79 Å². The Bertz CT molecular complexity index is 444. The van der Waals surface area contributed by atoms with Crippen LogP contribution in [0.25, 0.3) is 6.08 Å². The second-order valence-corrected chi connectivity index (χ2v) is 4.64. The standard InChI is InChI=1S/C14H21NO3/c1-9(2)15-8-10(3)6-12-7-13(11(4)18-12)14(16)17-5/h6-7,9,15H,8H2,1-5H3. The molecule has 1 heterocycles. The van der Waals surface area contributed by atoms with Gasteiger partial charge in [0, 0.05) is 12.6 Å². The molecule has 1 aromatic heterocycles. The van der Waals surface area contributed by atoms with E-state index in [-0.39, 0.29) is 5.97 Å². The number of carbonyl (C=O) groups is 1. The van der Waals surface area contributed by atoms with E-state index in [1.54, 1.807) is 13.0 Å². The molecule has 1 N–H and O–H groups in total. The summed E-state index contributed by atoms with van der Waals surface area (Å²) in [6, 6.07) is 2.15. The van der Waals surface area contributed by atoms with Gasteiger partial charge in [0.1, 0.15) is 17.1 Å². The Kier molecular flexibility index (Phi) is 5.16. The highest BCUT2D eigenvalue weighted by Crippen LogP contribution is 2.18. The summed E-state index contributed by atoms with van der Waals surface area (Å²) in [7, 11) is 1.36. The maximum absolute atomic E-state index is 11.4. The molecule has 18 heavy (non-hydrogen) atoms. The van der Waals surface area contributed by atoms with Gasteiger partial charge < -0.3 is 14.5 Å². The molecule has 4 nitrogen and oxygen atoms in total. The molecule has 0 saturated carbocycles. The monoisotopic (exact) mass is 251 g/mol. The van der Waals surface area contributed by atoms with Crippen LogP contribution in [0.3, 0.4) is 0 Å². The van der Waals surface area contributed by atoms with Gasteiger partial charge >= 0.3 is 5.97 Å². The summed E-state index contributed by atoms with van der Waals surface area (Å²) in [5.74, 6) is 0.891. The molecule has 0 fully saturated rings. The molecule has 0 radical (unpaired) electrons. The van der Waals surface area contributed by atoms with Crippen molar-refractivity contribution in [2.75, 3.05) is 13.7 Å². The second-order valence-electron chi connectivity index (χ2n) is 4.64. The first-order chi connectivity index (χ1) is 8.43. The highest BCUT2D eigenvalue weighted by Gasteiger charge is 2.14. The lowest BCUT2D eigenvalue weighted by atomic mass is 10.2. The van der Waals surface area contributed by atoms with Gasteiger partial charge in [-0.3, -0.25) is 0 Å². The van der Waals surface area contributed by atoms with Crippen molar-refractivity contribution in [1.82, 2.24) is 5.32 Å². The number of ether oxygens (including phenoxy) is 1. The molecule has 1 aromatic rings. The van der Waals surface area contributed by atoms with Crippen LogP contribution in [-0.2, 0) is 4.74 Å². The van der Waals surface area contributed by atoms with E-state index in [1.807, 2.05) is 13.0 Å². The van der Waals surface area contributed by atoms with E-state index < -0.39 is 0 Å². The maximum Gasteiger partial charge on any atom is 0.341 e. The van der Waals surface area contributed by atoms with Crippen molar-refractivity contribution in [1.29, 1.82) is 0 Å². The van der Waals surface area contributed by atoms with Crippen molar-refractivity contribution in [2.45, 2.75) is 33.7 Å². The van der Waals surface area contributed by atoms with Crippen LogP contribution >= 0.6 is 0 Å². The fourth-order valence-electron chi connectivity index (χ4n) is 1.55. The molecular formula is C14H21NO3. The maximum atomic E-state index is 11.4. The molecule has 100 valence electrons. The van der Waals surface area contributed by atoms with E-state index in [1.165, 1.54) is 7.11 Å². The number of nitrogens with one attached hydrogen (secondary N) is 1. The SMILES string of the molecule is COC(=O)c1cc(C=C(C)CNC(C)C)oc1C. The van der Waals surface area contributed by atoms with Crippen molar-refractivity contribution < 1.29 is 13.9 Å². The van der Waals surface area contributed by atoms with Crippen molar-refractivity contribution in [3.63, 3.8) is 0 Å². The van der Waals surface area contributed by atoms with Gasteiger partial charge in [-0.25, -0.2) is 4.79 Å². The summed E-state index contributed by atoms with van der Waals surface area (Å²) in [4.78, 5) is 11.4. The van der Waals surface area contributed by atoms with Crippen molar-refractivity contribution in [2.24, 2.45) is 0 Å². The first-order valence-electron chi connectivity index (χ1n) is 6.03. The van der Waals surface area contributed by atoms with Gasteiger partial charge in [0.2, 0.25) is 0 Å². The van der Waals surface area contributed by atoms with Gasteiger partial charge in [0.25, 0.3) is 0 Å². The Balaban J connectivity index is 2.79. The first-order valence-corrected chi connectivity index (χ1v) is 6.03. The van der Waals surface area contributed by atoms with Crippen LogP contribution in [-0.4, -0.2) is 25.7 Å². The molecule has 4 heteroatoms. The normalized spacial score (nSPS) is 12.0. The van der Waals surface area contributed by atoms with Crippen molar-refractivity contribution in [3.05, 3.63) is 28.7 Å². The third-order valence-electron chi connectivity index (χ3n) is 2.52. The molecule has 0 atom stereocenters. The van der Waals surface area contributed by atoms with Crippen LogP contribution in [0.5, 0.6) is 0 Å². The van der Waals surface area contributed by atoms with Crippen LogP contribution in [0.15, 0.2) is 16.1 Å². The number of hydrogen-bond donors (Lipinski definition) is 1. The number of rotatable bonds is 5. The zero-order valence-electron chi connectivity index (χ0n) is 11.7. The minimum atomic E-state index is -0.367. The fourth-order valence-corrected chi connectivity index (χ4v) is 1.55. The Morgan fingerprint density at radius 3 is 2.78 bits per heavy atom. The number of esters is 1. The van der Waals surface area contributed by atoms with E-state index in [0.29, 0.717) is 23.1 Å². The van der Waals surface area contributed by atoms with E-state index in [0.717, 1.165) is 12.1 Å². The van der Waals surface area contributed by atoms with E-state index >= 15 is 0 Å².